The van der Waals surface area contributed by atoms with E-state index in [9.17, 15) is 14.7 Å². The summed E-state index contributed by atoms with van der Waals surface area (Å²) >= 11 is 0. The first-order chi connectivity index (χ1) is 13.1. The van der Waals surface area contributed by atoms with Gasteiger partial charge in [-0.1, -0.05) is 38.3 Å². The molecule has 2 aromatic rings. The quantitative estimate of drug-likeness (QED) is 0.740. The van der Waals surface area contributed by atoms with E-state index < -0.39 is 11.9 Å². The number of carbonyl (C=O) groups excluding carboxylic acids is 1. The van der Waals surface area contributed by atoms with Gasteiger partial charge in [0.05, 0.1) is 12.7 Å². The van der Waals surface area contributed by atoms with E-state index in [-0.39, 0.29) is 11.3 Å². The molecule has 1 aliphatic carbocycles. The summed E-state index contributed by atoms with van der Waals surface area (Å²) < 4.78 is 11.4. The fraction of sp³-hybridized carbons (Fsp3) is 0.429. The van der Waals surface area contributed by atoms with Gasteiger partial charge < -0.3 is 19.6 Å². The Balaban J connectivity index is 1.63. The molecule has 0 unspecified atom stereocenters. The Morgan fingerprint density at radius 1 is 1.22 bits per heavy atom. The number of carboxylic acid groups (broad SMARTS) is 1. The normalized spacial score (nSPS) is 14.9. The van der Waals surface area contributed by atoms with Crippen LogP contribution in [0.2, 0.25) is 0 Å². The van der Waals surface area contributed by atoms with Gasteiger partial charge in [-0.15, -0.1) is 0 Å². The lowest BCUT2D eigenvalue weighted by molar-refractivity contribution is 0.0169. The number of aromatic carboxylic acids is 1. The van der Waals surface area contributed by atoms with Crippen molar-refractivity contribution in [3.05, 3.63) is 53.0 Å². The number of benzene rings is 1. The highest BCUT2D eigenvalue weighted by Crippen LogP contribution is 2.22. The largest absolute Gasteiger partial charge is 0.478 e. The maximum absolute atomic E-state index is 12.4. The van der Waals surface area contributed by atoms with Gasteiger partial charge in [-0.25, -0.2) is 4.79 Å². The predicted octanol–water partition coefficient (Wildman–Crippen LogP) is 4.64. The molecule has 1 aliphatic rings. The molecule has 1 aromatic carbocycles. The molecular weight excluding hydrogens is 346 g/mol. The topological polar surface area (TPSA) is 88.8 Å². The Kier molecular flexibility index (Phi) is 6.29. The number of hydrogen-bond acceptors (Lipinski definition) is 4. The van der Waals surface area contributed by atoms with Crippen molar-refractivity contribution < 1.29 is 23.8 Å². The van der Waals surface area contributed by atoms with Crippen molar-refractivity contribution >= 4 is 17.6 Å². The van der Waals surface area contributed by atoms with Crippen LogP contribution in [0, 0.1) is 0 Å². The van der Waals surface area contributed by atoms with Gasteiger partial charge in [0.2, 0.25) is 0 Å². The van der Waals surface area contributed by atoms with E-state index in [1.807, 2.05) is 18.2 Å². The van der Waals surface area contributed by atoms with Gasteiger partial charge in [-0.3, -0.25) is 4.79 Å². The molecule has 0 bridgehead atoms. The second-order valence-corrected chi connectivity index (χ2v) is 6.83. The number of carboxylic acids is 1. The van der Waals surface area contributed by atoms with Crippen LogP contribution < -0.4 is 5.32 Å². The Hall–Kier alpha value is -2.60. The zero-order valence-corrected chi connectivity index (χ0v) is 15.5. The minimum absolute atomic E-state index is 0.00638. The van der Waals surface area contributed by atoms with Gasteiger partial charge in [0.1, 0.15) is 11.3 Å². The van der Waals surface area contributed by atoms with E-state index in [0.717, 1.165) is 18.4 Å². The molecule has 144 valence electrons. The summed E-state index contributed by atoms with van der Waals surface area (Å²) in [5, 5.41) is 11.9. The highest BCUT2D eigenvalue weighted by atomic mass is 16.5. The smallest absolute Gasteiger partial charge is 0.339 e. The first kappa shape index (κ1) is 19.2. The summed E-state index contributed by atoms with van der Waals surface area (Å²) in [6.45, 7) is 2.29. The third-order valence-corrected chi connectivity index (χ3v) is 4.81. The number of hydrogen-bond donors (Lipinski definition) is 2. The number of amides is 1. The molecule has 0 radical (unpaired) electrons. The molecule has 1 heterocycles. The standard InChI is InChI=1S/C21H25NO5/c1-2-18-17(21(24)25)12-19(27-18)20(23)22-15-8-6-7-14(11-15)13-26-16-9-4-3-5-10-16/h6-8,11-12,16H,2-5,9-10,13H2,1H3,(H,22,23)(H,24,25). The summed E-state index contributed by atoms with van der Waals surface area (Å²) in [5.74, 6) is -1.28. The fourth-order valence-corrected chi connectivity index (χ4v) is 3.36. The molecule has 0 spiro atoms. The SMILES string of the molecule is CCc1oc(C(=O)Nc2cccc(COC3CCCCC3)c2)cc1C(=O)O. The van der Waals surface area contributed by atoms with Crippen LogP contribution in [0.1, 0.15) is 71.3 Å². The van der Waals surface area contributed by atoms with Crippen LogP contribution in [0.5, 0.6) is 0 Å². The lowest BCUT2D eigenvalue weighted by Gasteiger charge is -2.22. The van der Waals surface area contributed by atoms with Gasteiger partial charge in [0.15, 0.2) is 5.76 Å². The number of carbonyl (C=O) groups is 2. The van der Waals surface area contributed by atoms with Crippen molar-refractivity contribution in [2.24, 2.45) is 0 Å². The molecular formula is C21H25NO5. The summed E-state index contributed by atoms with van der Waals surface area (Å²) in [6, 6.07) is 8.74. The second-order valence-electron chi connectivity index (χ2n) is 6.83. The van der Waals surface area contributed by atoms with Crippen LogP contribution in [-0.4, -0.2) is 23.1 Å². The molecule has 0 aliphatic heterocycles. The molecule has 1 aromatic heterocycles. The molecule has 1 saturated carbocycles. The second kappa shape index (κ2) is 8.86. The number of rotatable bonds is 7. The van der Waals surface area contributed by atoms with Crippen LogP contribution >= 0.6 is 0 Å². The van der Waals surface area contributed by atoms with Crippen molar-refractivity contribution in [1.82, 2.24) is 0 Å². The number of ether oxygens (including phenoxy) is 1. The maximum atomic E-state index is 12.4. The molecule has 1 amide bonds. The van der Waals surface area contributed by atoms with E-state index in [2.05, 4.69) is 5.32 Å². The first-order valence-corrected chi connectivity index (χ1v) is 9.44. The van der Waals surface area contributed by atoms with Crippen molar-refractivity contribution in [1.29, 1.82) is 0 Å². The molecule has 6 nitrogen and oxygen atoms in total. The molecule has 0 saturated heterocycles. The van der Waals surface area contributed by atoms with Crippen LogP contribution in [0.3, 0.4) is 0 Å². The van der Waals surface area contributed by atoms with Gasteiger partial charge in [-0.05, 0) is 30.5 Å². The summed E-state index contributed by atoms with van der Waals surface area (Å²) in [5.41, 5.74) is 1.63. The molecule has 1 fully saturated rings. The lowest BCUT2D eigenvalue weighted by atomic mass is 9.98. The third kappa shape index (κ3) is 4.98. The van der Waals surface area contributed by atoms with Crippen LogP contribution in [-0.2, 0) is 17.8 Å². The highest BCUT2D eigenvalue weighted by Gasteiger charge is 2.20. The minimum Gasteiger partial charge on any atom is -0.478 e. The van der Waals surface area contributed by atoms with Gasteiger partial charge in [0.25, 0.3) is 5.91 Å². The number of aryl methyl sites for hydroxylation is 1. The average molecular weight is 371 g/mol. The van der Waals surface area contributed by atoms with E-state index >= 15 is 0 Å². The molecule has 3 rings (SSSR count). The fourth-order valence-electron chi connectivity index (χ4n) is 3.36. The van der Waals surface area contributed by atoms with E-state index in [1.54, 1.807) is 13.0 Å². The van der Waals surface area contributed by atoms with Crippen molar-refractivity contribution in [3.63, 3.8) is 0 Å². The Morgan fingerprint density at radius 2 is 2.00 bits per heavy atom. The number of furan rings is 1. The third-order valence-electron chi connectivity index (χ3n) is 4.81. The zero-order valence-electron chi connectivity index (χ0n) is 15.5. The van der Waals surface area contributed by atoms with Crippen LogP contribution in [0.25, 0.3) is 0 Å². The summed E-state index contributed by atoms with van der Waals surface area (Å²) in [4.78, 5) is 23.6. The molecule has 6 heteroatoms. The Labute approximate surface area is 158 Å². The first-order valence-electron chi connectivity index (χ1n) is 9.44. The van der Waals surface area contributed by atoms with Crippen molar-refractivity contribution in [2.45, 2.75) is 58.2 Å². The monoisotopic (exact) mass is 371 g/mol. The van der Waals surface area contributed by atoms with Crippen molar-refractivity contribution in [3.8, 4) is 0 Å². The molecule has 0 atom stereocenters. The van der Waals surface area contributed by atoms with Crippen molar-refractivity contribution in [2.75, 3.05) is 5.32 Å². The number of anilines is 1. The highest BCUT2D eigenvalue weighted by molar-refractivity contribution is 6.04. The Morgan fingerprint density at radius 3 is 2.67 bits per heavy atom. The lowest BCUT2D eigenvalue weighted by Crippen LogP contribution is -2.16. The summed E-state index contributed by atoms with van der Waals surface area (Å²) in [6.07, 6.45) is 6.69. The zero-order chi connectivity index (χ0) is 19.2. The summed E-state index contributed by atoms with van der Waals surface area (Å²) in [7, 11) is 0. The van der Waals surface area contributed by atoms with Gasteiger partial charge in [-0.2, -0.15) is 0 Å². The molecule has 27 heavy (non-hydrogen) atoms. The molecule has 2 N–H and O–H groups in total. The van der Waals surface area contributed by atoms with Crippen LogP contribution in [0.4, 0.5) is 5.69 Å². The Bertz CT molecular complexity index is 805. The van der Waals surface area contributed by atoms with E-state index in [4.69, 9.17) is 9.15 Å². The average Bonchev–Trinajstić information content (AvgIpc) is 3.12. The van der Waals surface area contributed by atoms with E-state index in [0.29, 0.717) is 30.6 Å². The predicted molar refractivity (Wildman–Crippen MR) is 101 cm³/mol. The van der Waals surface area contributed by atoms with Gasteiger partial charge in [0, 0.05) is 18.2 Å². The number of nitrogens with one attached hydrogen (secondary N) is 1. The van der Waals surface area contributed by atoms with Gasteiger partial charge >= 0.3 is 5.97 Å². The van der Waals surface area contributed by atoms with Crippen LogP contribution in [0.15, 0.2) is 34.7 Å². The maximum Gasteiger partial charge on any atom is 0.339 e. The minimum atomic E-state index is -1.10. The van der Waals surface area contributed by atoms with E-state index in [1.165, 1.54) is 25.3 Å².